The molecule has 1 aliphatic rings. The van der Waals surface area contributed by atoms with Crippen LogP contribution in [0.4, 0.5) is 5.69 Å². The van der Waals surface area contributed by atoms with Crippen molar-refractivity contribution >= 4 is 17.6 Å². The summed E-state index contributed by atoms with van der Waals surface area (Å²) in [4.78, 5) is 24.6. The van der Waals surface area contributed by atoms with Gasteiger partial charge < -0.3 is 19.5 Å². The van der Waals surface area contributed by atoms with E-state index in [1.54, 1.807) is 12.1 Å². The lowest BCUT2D eigenvalue weighted by Gasteiger charge is -2.19. The first kappa shape index (κ1) is 13.4. The SMILES string of the molecule is COC(=O)c1ccc(N2CC(O)CC2=O)c(OC)c1. The molecule has 1 fully saturated rings. The first-order chi connectivity index (χ1) is 9.06. The second-order valence-corrected chi connectivity index (χ2v) is 4.24. The number of esters is 1. The zero-order valence-corrected chi connectivity index (χ0v) is 10.8. The largest absolute Gasteiger partial charge is 0.495 e. The predicted octanol–water partition coefficient (Wildman–Crippen LogP) is 0.579. The summed E-state index contributed by atoms with van der Waals surface area (Å²) in [5.74, 6) is -0.250. The molecule has 1 heterocycles. The molecule has 1 atom stereocenters. The van der Waals surface area contributed by atoms with Gasteiger partial charge in [-0.25, -0.2) is 4.79 Å². The summed E-state index contributed by atoms with van der Waals surface area (Å²) in [5.41, 5.74) is 0.881. The number of ether oxygens (including phenoxy) is 2. The number of nitrogens with zero attached hydrogens (tertiary/aromatic N) is 1. The van der Waals surface area contributed by atoms with Crippen LogP contribution in [0.5, 0.6) is 5.75 Å². The van der Waals surface area contributed by atoms with Gasteiger partial charge in [0.25, 0.3) is 0 Å². The van der Waals surface area contributed by atoms with Gasteiger partial charge in [0, 0.05) is 0 Å². The third-order valence-electron chi connectivity index (χ3n) is 3.00. The summed E-state index contributed by atoms with van der Waals surface area (Å²) in [6, 6.07) is 4.68. The van der Waals surface area contributed by atoms with Crippen molar-refractivity contribution in [2.75, 3.05) is 25.7 Å². The highest BCUT2D eigenvalue weighted by molar-refractivity contribution is 5.98. The van der Waals surface area contributed by atoms with E-state index in [0.717, 1.165) is 0 Å². The number of aliphatic hydroxyl groups excluding tert-OH is 1. The van der Waals surface area contributed by atoms with Gasteiger partial charge in [0.2, 0.25) is 5.91 Å². The Morgan fingerprint density at radius 3 is 2.68 bits per heavy atom. The quantitative estimate of drug-likeness (QED) is 0.809. The highest BCUT2D eigenvalue weighted by Gasteiger charge is 2.31. The molecule has 1 amide bonds. The molecule has 0 bridgehead atoms. The van der Waals surface area contributed by atoms with Crippen LogP contribution in [0.15, 0.2) is 18.2 Å². The molecule has 1 N–H and O–H groups in total. The summed E-state index contributed by atoms with van der Waals surface area (Å²) in [6.07, 6.45) is -0.570. The van der Waals surface area contributed by atoms with Gasteiger partial charge in [-0.05, 0) is 18.2 Å². The second-order valence-electron chi connectivity index (χ2n) is 4.24. The molecule has 19 heavy (non-hydrogen) atoms. The smallest absolute Gasteiger partial charge is 0.337 e. The monoisotopic (exact) mass is 265 g/mol. The number of aliphatic hydroxyl groups is 1. The topological polar surface area (TPSA) is 76.1 Å². The van der Waals surface area contributed by atoms with Crippen LogP contribution in [0.25, 0.3) is 0 Å². The van der Waals surface area contributed by atoms with E-state index in [4.69, 9.17) is 4.74 Å². The molecule has 102 valence electrons. The van der Waals surface area contributed by atoms with Crippen molar-refractivity contribution in [1.82, 2.24) is 0 Å². The number of amides is 1. The molecule has 0 aliphatic carbocycles. The number of benzene rings is 1. The van der Waals surface area contributed by atoms with Gasteiger partial charge in [0.15, 0.2) is 0 Å². The lowest BCUT2D eigenvalue weighted by Crippen LogP contribution is -2.25. The summed E-state index contributed by atoms with van der Waals surface area (Å²) in [7, 11) is 2.75. The maximum absolute atomic E-state index is 11.7. The molecule has 6 nitrogen and oxygen atoms in total. The van der Waals surface area contributed by atoms with Crippen molar-refractivity contribution in [3.8, 4) is 5.75 Å². The Labute approximate surface area is 110 Å². The van der Waals surface area contributed by atoms with Crippen LogP contribution in [0, 0.1) is 0 Å². The summed E-state index contributed by atoms with van der Waals surface area (Å²) < 4.78 is 9.82. The highest BCUT2D eigenvalue weighted by atomic mass is 16.5. The minimum absolute atomic E-state index is 0.0991. The number of carbonyl (C=O) groups excluding carboxylic acids is 2. The molecule has 1 saturated heterocycles. The number of hydrogen-bond donors (Lipinski definition) is 1. The molecule has 2 rings (SSSR count). The van der Waals surface area contributed by atoms with Crippen LogP contribution in [0.3, 0.4) is 0 Å². The molecule has 0 saturated carbocycles. The van der Waals surface area contributed by atoms with E-state index in [2.05, 4.69) is 4.74 Å². The summed E-state index contributed by atoms with van der Waals surface area (Å²) in [6.45, 7) is 0.229. The summed E-state index contributed by atoms with van der Waals surface area (Å²) in [5, 5.41) is 9.50. The van der Waals surface area contributed by atoms with Gasteiger partial charge in [-0.3, -0.25) is 4.79 Å². The van der Waals surface area contributed by atoms with E-state index in [0.29, 0.717) is 17.0 Å². The van der Waals surface area contributed by atoms with E-state index in [1.165, 1.54) is 25.2 Å². The lowest BCUT2D eigenvalue weighted by molar-refractivity contribution is -0.117. The zero-order valence-electron chi connectivity index (χ0n) is 10.8. The van der Waals surface area contributed by atoms with E-state index in [-0.39, 0.29) is 18.9 Å². The lowest BCUT2D eigenvalue weighted by atomic mass is 10.1. The molecule has 1 aliphatic heterocycles. The number of β-amino-alcohol motifs (C(OH)–C–C–N with tert-alkyl or cyclic N) is 1. The third-order valence-corrected chi connectivity index (χ3v) is 3.00. The second kappa shape index (κ2) is 5.27. The molecular formula is C13H15NO5. The minimum Gasteiger partial charge on any atom is -0.495 e. The third kappa shape index (κ3) is 2.53. The van der Waals surface area contributed by atoms with Gasteiger partial charge in [0.05, 0.1) is 44.5 Å². The maximum atomic E-state index is 11.7. The Morgan fingerprint density at radius 2 is 2.16 bits per heavy atom. The Hall–Kier alpha value is -2.08. The van der Waals surface area contributed by atoms with Crippen LogP contribution in [0.1, 0.15) is 16.8 Å². The van der Waals surface area contributed by atoms with Gasteiger partial charge >= 0.3 is 5.97 Å². The van der Waals surface area contributed by atoms with Crippen LogP contribution < -0.4 is 9.64 Å². The van der Waals surface area contributed by atoms with Crippen molar-refractivity contribution < 1.29 is 24.2 Å². The van der Waals surface area contributed by atoms with Crippen molar-refractivity contribution in [2.24, 2.45) is 0 Å². The van der Waals surface area contributed by atoms with Crippen LogP contribution in [-0.2, 0) is 9.53 Å². The minimum atomic E-state index is -0.669. The number of anilines is 1. The molecule has 0 aromatic heterocycles. The van der Waals surface area contributed by atoms with E-state index < -0.39 is 12.1 Å². The molecule has 1 unspecified atom stereocenters. The summed E-state index contributed by atoms with van der Waals surface area (Å²) >= 11 is 0. The molecule has 6 heteroatoms. The molecular weight excluding hydrogens is 250 g/mol. The molecule has 1 aromatic rings. The Morgan fingerprint density at radius 1 is 1.42 bits per heavy atom. The van der Waals surface area contributed by atoms with E-state index >= 15 is 0 Å². The van der Waals surface area contributed by atoms with Gasteiger partial charge in [-0.1, -0.05) is 0 Å². The van der Waals surface area contributed by atoms with Gasteiger partial charge in [-0.15, -0.1) is 0 Å². The van der Waals surface area contributed by atoms with Gasteiger partial charge in [0.1, 0.15) is 5.75 Å². The number of carbonyl (C=O) groups is 2. The van der Waals surface area contributed by atoms with Crippen molar-refractivity contribution in [2.45, 2.75) is 12.5 Å². The standard InChI is InChI=1S/C13H15NO5/c1-18-11-5-8(13(17)19-2)3-4-10(11)14-7-9(15)6-12(14)16/h3-5,9,15H,6-7H2,1-2H3. The number of rotatable bonds is 3. The van der Waals surface area contributed by atoms with Crippen molar-refractivity contribution in [3.63, 3.8) is 0 Å². The van der Waals surface area contributed by atoms with Gasteiger partial charge in [-0.2, -0.15) is 0 Å². The first-order valence-electron chi connectivity index (χ1n) is 5.81. The average Bonchev–Trinajstić information content (AvgIpc) is 2.75. The Kier molecular flexibility index (Phi) is 3.71. The molecule has 1 aromatic carbocycles. The van der Waals surface area contributed by atoms with E-state index in [1.807, 2.05) is 0 Å². The highest BCUT2D eigenvalue weighted by Crippen LogP contribution is 2.32. The Balaban J connectivity index is 2.36. The molecule has 0 radical (unpaired) electrons. The average molecular weight is 265 g/mol. The van der Waals surface area contributed by atoms with Crippen molar-refractivity contribution in [1.29, 1.82) is 0 Å². The Bertz CT molecular complexity index is 514. The van der Waals surface area contributed by atoms with E-state index in [9.17, 15) is 14.7 Å². The van der Waals surface area contributed by atoms with Crippen LogP contribution in [0.2, 0.25) is 0 Å². The van der Waals surface area contributed by atoms with Crippen LogP contribution >= 0.6 is 0 Å². The zero-order chi connectivity index (χ0) is 14.0. The molecule has 0 spiro atoms. The maximum Gasteiger partial charge on any atom is 0.337 e. The fraction of sp³-hybridized carbons (Fsp3) is 0.385. The number of methoxy groups -OCH3 is 2. The van der Waals surface area contributed by atoms with Crippen molar-refractivity contribution in [3.05, 3.63) is 23.8 Å². The van der Waals surface area contributed by atoms with Crippen LogP contribution in [-0.4, -0.2) is 43.9 Å². The first-order valence-corrected chi connectivity index (χ1v) is 5.81. The number of hydrogen-bond acceptors (Lipinski definition) is 5. The predicted molar refractivity (Wildman–Crippen MR) is 67.3 cm³/mol. The fourth-order valence-electron chi connectivity index (χ4n) is 2.07. The normalized spacial score (nSPS) is 18.6. The fourth-order valence-corrected chi connectivity index (χ4v) is 2.07.